The van der Waals surface area contributed by atoms with Gasteiger partial charge in [0.15, 0.2) is 0 Å². The predicted octanol–water partition coefficient (Wildman–Crippen LogP) is -0.356. The van der Waals surface area contributed by atoms with Gasteiger partial charge in [-0.1, -0.05) is 0 Å². The van der Waals surface area contributed by atoms with E-state index in [9.17, 15) is 0 Å². The van der Waals surface area contributed by atoms with Gasteiger partial charge < -0.3 is 16.4 Å². The molecule has 0 aliphatic rings. The Bertz CT molecular complexity index is 6.85. The first-order valence-corrected chi connectivity index (χ1v) is 0. The van der Waals surface area contributed by atoms with Gasteiger partial charge in [0, 0.05) is 0 Å². The van der Waals surface area contributed by atoms with Gasteiger partial charge in [-0.2, -0.15) is 0 Å². The molecule has 0 fully saturated rings. The van der Waals surface area contributed by atoms with Crippen molar-refractivity contribution in [3.05, 3.63) is 0 Å². The van der Waals surface area contributed by atoms with Crippen LogP contribution in [-0.2, 0) is 16.4 Å². The third-order valence-corrected chi connectivity index (χ3v) is 0. The van der Waals surface area contributed by atoms with Crippen LogP contribution in [0.1, 0.15) is 0 Å². The van der Waals surface area contributed by atoms with Crippen LogP contribution in [0.4, 0.5) is 0 Å². The minimum atomic E-state index is 0. The molecule has 0 atom stereocenters. The molecule has 0 N–H and O–H groups in total. The maximum absolute atomic E-state index is 0. The van der Waals surface area contributed by atoms with Gasteiger partial charge in [0.2, 0.25) is 0 Å². The van der Waals surface area contributed by atoms with Crippen molar-refractivity contribution in [1.82, 2.24) is 0 Å². The van der Waals surface area contributed by atoms with Crippen molar-refractivity contribution in [3.63, 3.8) is 0 Å². The second-order valence-corrected chi connectivity index (χ2v) is 0. The van der Waals surface area contributed by atoms with Gasteiger partial charge in [0.25, 0.3) is 0 Å². The number of hydrogen-bond acceptors (Lipinski definition) is 0. The van der Waals surface area contributed by atoms with Crippen LogP contribution < -0.4 is 0 Å². The first kappa shape index (κ1) is 52.4. The van der Waals surface area contributed by atoms with Crippen LogP contribution in [0.2, 0.25) is 0 Å². The maximum Gasteiger partial charge on any atom is 3.00 e. The molecule has 0 rings (SSSR count). The minimum absolute atomic E-state index is 0. The van der Waals surface area contributed by atoms with E-state index in [1.165, 1.54) is 0 Å². The topological polar surface area (TPSA) is 85.5 Å². The Morgan fingerprint density at radius 2 is 0.600 bits per heavy atom. The summed E-state index contributed by atoms with van der Waals surface area (Å²) in [6.45, 7) is 0. The Hall–Kier alpha value is 2.41. The summed E-state index contributed by atoms with van der Waals surface area (Å²) >= 11 is 0. The van der Waals surface area contributed by atoms with E-state index in [0.717, 1.165) is 0 Å². The summed E-state index contributed by atoms with van der Waals surface area (Å²) in [5.41, 5.74) is 0. The zero-order valence-electron chi connectivity index (χ0n) is 2.21. The van der Waals surface area contributed by atoms with Crippen LogP contribution in [-0.4, -0.2) is 0 Å². The van der Waals surface area contributed by atoms with Crippen LogP contribution in [0, 0.1) is 76.0 Å². The molecule has 0 bridgehead atoms. The van der Waals surface area contributed by atoms with Gasteiger partial charge in [-0.15, -0.1) is 0 Å². The Morgan fingerprint density at radius 3 is 0.600 bits per heavy atom. The van der Waals surface area contributed by atoms with Gasteiger partial charge in [-0.3, -0.25) is 0 Å². The smallest absolute Gasteiger partial charge is 2.00 e. The second kappa shape index (κ2) is 32.3. The molecule has 0 aromatic carbocycles. The van der Waals surface area contributed by atoms with Crippen molar-refractivity contribution < 1.29 is 92.4 Å². The average Bonchev–Trinajstić information content (AvgIpc) is 0. The summed E-state index contributed by atoms with van der Waals surface area (Å²) in [5, 5.41) is 0. The molecule has 1 radical (unpaired) electrons. The molecule has 0 spiro atoms. The fourth-order valence-corrected chi connectivity index (χ4v) is 0. The molecule has 0 heterocycles. The summed E-state index contributed by atoms with van der Waals surface area (Å²) < 4.78 is 0. The zero-order chi connectivity index (χ0) is 0. The molecule has 0 aliphatic heterocycles. The summed E-state index contributed by atoms with van der Waals surface area (Å²) in [7, 11) is 0. The van der Waals surface area contributed by atoms with Gasteiger partial charge in [-0.05, 0) is 0 Å². The van der Waals surface area contributed by atoms with E-state index in [0.29, 0.717) is 0 Å². The van der Waals surface area contributed by atoms with Crippen LogP contribution in [0.15, 0.2) is 0 Å². The fourth-order valence-electron chi connectivity index (χ4n) is 0. The van der Waals surface area contributed by atoms with E-state index in [2.05, 4.69) is 0 Å². The molecule has 0 unspecified atom stereocenters. The summed E-state index contributed by atoms with van der Waals surface area (Å²) in [6.07, 6.45) is 0. The number of hydrogen-bond donors (Lipinski definition) is 0. The molecule has 27 valence electrons. The van der Waals surface area contributed by atoms with Crippen LogP contribution in [0.3, 0.4) is 0 Å². The molecular formula is LaO3Sm. The Kier molecular flexibility index (Phi) is 338. The Balaban J connectivity index is 0. The van der Waals surface area contributed by atoms with Crippen molar-refractivity contribution >= 4 is 0 Å². The molecule has 0 saturated carbocycles. The minimum Gasteiger partial charge on any atom is -2.00 e. The van der Waals surface area contributed by atoms with E-state index in [1.807, 2.05) is 0 Å². The largest absolute Gasteiger partial charge is 3.00 e. The van der Waals surface area contributed by atoms with Gasteiger partial charge in [0.05, 0.1) is 0 Å². The van der Waals surface area contributed by atoms with Crippen molar-refractivity contribution in [2.75, 3.05) is 0 Å². The van der Waals surface area contributed by atoms with Gasteiger partial charge in [-0.25, -0.2) is 0 Å². The summed E-state index contributed by atoms with van der Waals surface area (Å²) in [4.78, 5) is 0. The Morgan fingerprint density at radius 1 is 0.600 bits per heavy atom. The van der Waals surface area contributed by atoms with Gasteiger partial charge in [0.1, 0.15) is 0 Å². The van der Waals surface area contributed by atoms with E-state index in [4.69, 9.17) is 0 Å². The monoisotopic (exact) mass is 339 g/mol. The van der Waals surface area contributed by atoms with Gasteiger partial charge >= 0.3 is 76.0 Å². The van der Waals surface area contributed by atoms with E-state index >= 15 is 0 Å². The number of rotatable bonds is 0. The fraction of sp³-hybridized carbons (Fsp3) is 0. The molecule has 0 aliphatic carbocycles. The van der Waals surface area contributed by atoms with Crippen LogP contribution >= 0.6 is 0 Å². The third-order valence-electron chi connectivity index (χ3n) is 0. The molecule has 3 nitrogen and oxygen atoms in total. The average molecular weight is 337 g/mol. The quantitative estimate of drug-likeness (QED) is 0.578. The van der Waals surface area contributed by atoms with E-state index in [-0.39, 0.29) is 92.4 Å². The van der Waals surface area contributed by atoms with Crippen LogP contribution in [0.5, 0.6) is 0 Å². The normalized spacial score (nSPS) is 0. The molecule has 0 aromatic rings. The second-order valence-electron chi connectivity index (χ2n) is 0. The van der Waals surface area contributed by atoms with E-state index in [1.54, 1.807) is 0 Å². The molecule has 0 amide bonds. The molecule has 5 heavy (non-hydrogen) atoms. The van der Waals surface area contributed by atoms with E-state index < -0.39 is 0 Å². The zero-order valence-corrected chi connectivity index (χ0v) is 8.46. The Labute approximate surface area is 90.5 Å². The molecule has 0 aromatic heterocycles. The molecule has 0 saturated heterocycles. The van der Waals surface area contributed by atoms with Crippen molar-refractivity contribution in [2.45, 2.75) is 0 Å². The van der Waals surface area contributed by atoms with Crippen LogP contribution in [0.25, 0.3) is 0 Å². The van der Waals surface area contributed by atoms with Crippen molar-refractivity contribution in [3.8, 4) is 0 Å². The summed E-state index contributed by atoms with van der Waals surface area (Å²) in [5.74, 6) is 0. The first-order valence-electron chi connectivity index (χ1n) is 0. The predicted molar refractivity (Wildman–Crippen MR) is 2.06 cm³/mol. The third kappa shape index (κ3) is 21.5. The summed E-state index contributed by atoms with van der Waals surface area (Å²) in [6, 6.07) is 0. The first-order chi connectivity index (χ1) is 0. The maximum atomic E-state index is 0. The standard InChI is InChI=1S/La.3O.Sm/q+3;3*-2;+3. The molecule has 5 heteroatoms. The molecular weight excluding hydrogens is 337 g/mol. The van der Waals surface area contributed by atoms with Crippen molar-refractivity contribution in [2.24, 2.45) is 0 Å². The van der Waals surface area contributed by atoms with Crippen molar-refractivity contribution in [1.29, 1.82) is 0 Å². The SMILES string of the molecule is [La+3].[O-2].[O-2].[O-2].[Sm+3].